The van der Waals surface area contributed by atoms with Crippen molar-refractivity contribution in [2.24, 2.45) is 5.92 Å². The van der Waals surface area contributed by atoms with E-state index in [1.165, 1.54) is 0 Å². The average Bonchev–Trinajstić information content (AvgIpc) is 2.83. The number of ether oxygens (including phenoxy) is 1. The highest BCUT2D eigenvalue weighted by molar-refractivity contribution is 5.09. The van der Waals surface area contributed by atoms with Crippen molar-refractivity contribution >= 4 is 0 Å². The second-order valence-electron chi connectivity index (χ2n) is 5.22. The Bertz CT molecular complexity index is 405. The van der Waals surface area contributed by atoms with Gasteiger partial charge in [0, 0.05) is 6.54 Å². The van der Waals surface area contributed by atoms with Crippen LogP contribution in [0.25, 0.3) is 0 Å². The van der Waals surface area contributed by atoms with Crippen LogP contribution in [-0.2, 0) is 17.9 Å². The van der Waals surface area contributed by atoms with Crippen molar-refractivity contribution in [2.75, 3.05) is 0 Å². The second kappa shape index (κ2) is 5.36. The molecule has 18 heavy (non-hydrogen) atoms. The van der Waals surface area contributed by atoms with Crippen LogP contribution < -0.4 is 0 Å². The summed E-state index contributed by atoms with van der Waals surface area (Å²) in [7, 11) is 0. The molecule has 5 nitrogen and oxygen atoms in total. The van der Waals surface area contributed by atoms with E-state index in [4.69, 9.17) is 4.74 Å². The molecule has 1 aromatic rings. The molecule has 0 aromatic carbocycles. The van der Waals surface area contributed by atoms with E-state index in [2.05, 4.69) is 42.5 Å². The van der Waals surface area contributed by atoms with Gasteiger partial charge in [0.1, 0.15) is 12.4 Å². The summed E-state index contributed by atoms with van der Waals surface area (Å²) >= 11 is 0. The predicted octanol–water partition coefficient (Wildman–Crippen LogP) is 1.71. The van der Waals surface area contributed by atoms with Crippen LogP contribution in [0.4, 0.5) is 0 Å². The van der Waals surface area contributed by atoms with Crippen LogP contribution >= 0.6 is 0 Å². The molecule has 1 saturated heterocycles. The fraction of sp³-hybridized carbons (Fsp3) is 0.846. The first-order valence-electron chi connectivity index (χ1n) is 6.78. The Morgan fingerprint density at radius 1 is 1.22 bits per heavy atom. The number of aromatic nitrogens is 3. The Labute approximate surface area is 108 Å². The molecule has 1 aromatic heterocycles. The predicted molar refractivity (Wildman–Crippen MR) is 68.1 cm³/mol. The number of rotatable bonds is 4. The Balaban J connectivity index is 2.35. The van der Waals surface area contributed by atoms with Crippen molar-refractivity contribution in [3.63, 3.8) is 0 Å². The zero-order valence-corrected chi connectivity index (χ0v) is 11.6. The monoisotopic (exact) mass is 253 g/mol. The van der Waals surface area contributed by atoms with Gasteiger partial charge >= 0.3 is 0 Å². The normalized spacial score (nSPS) is 32.1. The van der Waals surface area contributed by atoms with Gasteiger partial charge in [-0.25, -0.2) is 0 Å². The third kappa shape index (κ3) is 2.17. The standard InChI is InChI=1S/C13H23N3O2/c1-5-6-16-11(7-17)14-15-13(16)12-8(2)9(3)18-10(12)4/h8-10,12,17H,5-7H2,1-4H3. The highest BCUT2D eigenvalue weighted by Gasteiger charge is 2.41. The minimum absolute atomic E-state index is 0.0567. The third-order valence-corrected chi connectivity index (χ3v) is 3.98. The first-order valence-corrected chi connectivity index (χ1v) is 6.78. The molecule has 0 spiro atoms. The molecule has 1 aliphatic rings. The highest BCUT2D eigenvalue weighted by Crippen LogP contribution is 2.39. The summed E-state index contributed by atoms with van der Waals surface area (Å²) in [5.41, 5.74) is 0. The van der Waals surface area contributed by atoms with Gasteiger partial charge in [-0.2, -0.15) is 0 Å². The summed E-state index contributed by atoms with van der Waals surface area (Å²) in [6, 6.07) is 0. The van der Waals surface area contributed by atoms with Crippen molar-refractivity contribution < 1.29 is 9.84 Å². The van der Waals surface area contributed by atoms with E-state index in [1.54, 1.807) is 0 Å². The van der Waals surface area contributed by atoms with E-state index in [0.29, 0.717) is 11.7 Å². The molecular formula is C13H23N3O2. The number of aliphatic hydroxyl groups excluding tert-OH is 1. The fourth-order valence-electron chi connectivity index (χ4n) is 2.89. The largest absolute Gasteiger partial charge is 0.388 e. The van der Waals surface area contributed by atoms with Gasteiger partial charge in [-0.1, -0.05) is 13.8 Å². The number of aliphatic hydroxyl groups is 1. The molecule has 0 amide bonds. The van der Waals surface area contributed by atoms with E-state index >= 15 is 0 Å². The van der Waals surface area contributed by atoms with Crippen LogP contribution in [0.1, 0.15) is 51.7 Å². The van der Waals surface area contributed by atoms with Crippen molar-refractivity contribution in [1.29, 1.82) is 0 Å². The Morgan fingerprint density at radius 3 is 2.44 bits per heavy atom. The summed E-state index contributed by atoms with van der Waals surface area (Å²) in [6.45, 7) is 9.30. The first kappa shape index (κ1) is 13.5. The third-order valence-electron chi connectivity index (χ3n) is 3.98. The molecule has 0 radical (unpaired) electrons. The summed E-state index contributed by atoms with van der Waals surface area (Å²) in [4.78, 5) is 0. The molecule has 0 saturated carbocycles. The summed E-state index contributed by atoms with van der Waals surface area (Å²) in [5, 5.41) is 17.7. The summed E-state index contributed by atoms with van der Waals surface area (Å²) in [5.74, 6) is 2.31. The molecule has 5 heteroatoms. The lowest BCUT2D eigenvalue weighted by atomic mass is 9.89. The zero-order chi connectivity index (χ0) is 13.3. The zero-order valence-electron chi connectivity index (χ0n) is 11.6. The Kier molecular flexibility index (Phi) is 4.02. The second-order valence-corrected chi connectivity index (χ2v) is 5.22. The minimum atomic E-state index is -0.0567. The van der Waals surface area contributed by atoms with Crippen LogP contribution in [0.2, 0.25) is 0 Å². The maximum absolute atomic E-state index is 9.33. The number of nitrogens with zero attached hydrogens (tertiary/aromatic N) is 3. The number of hydrogen-bond donors (Lipinski definition) is 1. The summed E-state index contributed by atoms with van der Waals surface area (Å²) < 4.78 is 7.93. The SMILES string of the molecule is CCCn1c(CO)nnc1C1C(C)OC(C)C1C. The maximum Gasteiger partial charge on any atom is 0.158 e. The van der Waals surface area contributed by atoms with Crippen molar-refractivity contribution in [3.8, 4) is 0 Å². The van der Waals surface area contributed by atoms with Crippen LogP contribution in [0.15, 0.2) is 0 Å². The van der Waals surface area contributed by atoms with Crippen LogP contribution in [0.5, 0.6) is 0 Å². The lowest BCUT2D eigenvalue weighted by Crippen LogP contribution is -2.21. The van der Waals surface area contributed by atoms with Gasteiger partial charge in [-0.15, -0.1) is 10.2 Å². The molecule has 2 rings (SSSR count). The Morgan fingerprint density at radius 2 is 1.94 bits per heavy atom. The van der Waals surface area contributed by atoms with E-state index in [-0.39, 0.29) is 24.7 Å². The van der Waals surface area contributed by atoms with Crippen LogP contribution in [-0.4, -0.2) is 32.1 Å². The van der Waals surface area contributed by atoms with Gasteiger partial charge in [0.2, 0.25) is 0 Å². The van der Waals surface area contributed by atoms with Gasteiger partial charge in [-0.3, -0.25) is 0 Å². The molecule has 1 fully saturated rings. The van der Waals surface area contributed by atoms with Gasteiger partial charge in [-0.05, 0) is 26.2 Å². The molecular weight excluding hydrogens is 230 g/mol. The van der Waals surface area contributed by atoms with Crippen LogP contribution in [0, 0.1) is 5.92 Å². The van der Waals surface area contributed by atoms with E-state index in [0.717, 1.165) is 18.8 Å². The van der Waals surface area contributed by atoms with E-state index in [1.807, 2.05) is 0 Å². The van der Waals surface area contributed by atoms with E-state index in [9.17, 15) is 5.11 Å². The van der Waals surface area contributed by atoms with Crippen molar-refractivity contribution in [1.82, 2.24) is 14.8 Å². The Hall–Kier alpha value is -0.940. The van der Waals surface area contributed by atoms with Gasteiger partial charge in [0.25, 0.3) is 0 Å². The fourth-order valence-corrected chi connectivity index (χ4v) is 2.89. The van der Waals surface area contributed by atoms with Crippen molar-refractivity contribution in [2.45, 2.75) is 65.4 Å². The highest BCUT2D eigenvalue weighted by atomic mass is 16.5. The molecule has 4 unspecified atom stereocenters. The molecule has 1 aliphatic heterocycles. The lowest BCUT2D eigenvalue weighted by molar-refractivity contribution is 0.0551. The van der Waals surface area contributed by atoms with Gasteiger partial charge < -0.3 is 14.4 Å². The topological polar surface area (TPSA) is 60.2 Å². The van der Waals surface area contributed by atoms with Crippen molar-refractivity contribution in [3.05, 3.63) is 11.6 Å². The number of hydrogen-bond acceptors (Lipinski definition) is 4. The first-order chi connectivity index (χ1) is 8.60. The van der Waals surface area contributed by atoms with Crippen LogP contribution in [0.3, 0.4) is 0 Å². The van der Waals surface area contributed by atoms with Gasteiger partial charge in [0.05, 0.1) is 18.1 Å². The average molecular weight is 253 g/mol. The molecule has 0 aliphatic carbocycles. The molecule has 102 valence electrons. The molecule has 1 N–H and O–H groups in total. The van der Waals surface area contributed by atoms with Gasteiger partial charge in [0.15, 0.2) is 5.82 Å². The lowest BCUT2D eigenvalue weighted by Gasteiger charge is -2.19. The molecule has 0 bridgehead atoms. The minimum Gasteiger partial charge on any atom is -0.388 e. The molecule has 2 heterocycles. The summed E-state index contributed by atoms with van der Waals surface area (Å²) in [6.07, 6.45) is 1.40. The molecule has 4 atom stereocenters. The smallest absolute Gasteiger partial charge is 0.158 e. The quantitative estimate of drug-likeness (QED) is 0.887. The maximum atomic E-state index is 9.33. The van der Waals surface area contributed by atoms with E-state index < -0.39 is 0 Å².